The van der Waals surface area contributed by atoms with Crippen LogP contribution in [0.2, 0.25) is 5.02 Å². The van der Waals surface area contributed by atoms with Crippen molar-refractivity contribution in [3.8, 4) is 0 Å². The number of benzene rings is 2. The van der Waals surface area contributed by atoms with Gasteiger partial charge in [-0.1, -0.05) is 29.8 Å². The Hall–Kier alpha value is -1.51. The highest BCUT2D eigenvalue weighted by Gasteiger charge is 2.31. The van der Waals surface area contributed by atoms with E-state index in [1.54, 1.807) is 33.8 Å². The van der Waals surface area contributed by atoms with Crippen LogP contribution in [0.3, 0.4) is 0 Å². The molecule has 142 valence electrons. The molecular formula is C19H20ClN3O2S2. The molecular weight excluding hydrogens is 402 g/mol. The Morgan fingerprint density at radius 2 is 1.81 bits per heavy atom. The van der Waals surface area contributed by atoms with Gasteiger partial charge in [-0.25, -0.2) is 13.4 Å². The summed E-state index contributed by atoms with van der Waals surface area (Å²) in [6.45, 7) is 4.42. The number of sulfonamides is 1. The molecule has 4 rings (SSSR count). The second-order valence-electron chi connectivity index (χ2n) is 6.59. The van der Waals surface area contributed by atoms with E-state index in [1.807, 2.05) is 18.2 Å². The van der Waals surface area contributed by atoms with Gasteiger partial charge in [0.05, 0.1) is 21.2 Å². The van der Waals surface area contributed by atoms with Gasteiger partial charge in [0.2, 0.25) is 10.0 Å². The zero-order valence-corrected chi connectivity index (χ0v) is 17.3. The maximum absolute atomic E-state index is 12.8. The standard InChI is InChI=1S/C19H20ClN3O2S2/c1-14(19-21-17-7-2-3-8-18(17)26-19)22-9-11-23(12-10-22)27(24,25)16-6-4-5-15(20)13-16/h2-8,13-14H,9-12H2,1H3. The highest BCUT2D eigenvalue weighted by atomic mass is 35.5. The highest BCUT2D eigenvalue weighted by molar-refractivity contribution is 7.89. The topological polar surface area (TPSA) is 53.5 Å². The smallest absolute Gasteiger partial charge is 0.243 e. The van der Waals surface area contributed by atoms with Gasteiger partial charge in [0.1, 0.15) is 5.01 Å². The SMILES string of the molecule is CC(c1nc2ccccc2s1)N1CCN(S(=O)(=O)c2cccc(Cl)c2)CC1. The summed E-state index contributed by atoms with van der Waals surface area (Å²) >= 11 is 7.66. The fourth-order valence-corrected chi connectivity index (χ4v) is 6.11. The molecule has 27 heavy (non-hydrogen) atoms. The Labute approximate surface area is 168 Å². The fraction of sp³-hybridized carbons (Fsp3) is 0.316. The van der Waals surface area contributed by atoms with Crippen LogP contribution in [0.5, 0.6) is 0 Å². The van der Waals surface area contributed by atoms with Crippen LogP contribution in [0.25, 0.3) is 10.2 Å². The molecule has 1 saturated heterocycles. The average Bonchev–Trinajstić information content (AvgIpc) is 3.12. The highest BCUT2D eigenvalue weighted by Crippen LogP contribution is 2.30. The zero-order chi connectivity index (χ0) is 19.0. The minimum absolute atomic E-state index is 0.165. The van der Waals surface area contributed by atoms with Crippen LogP contribution in [0.1, 0.15) is 18.0 Å². The van der Waals surface area contributed by atoms with Gasteiger partial charge in [0.15, 0.2) is 0 Å². The average molecular weight is 422 g/mol. The van der Waals surface area contributed by atoms with Crippen molar-refractivity contribution in [1.29, 1.82) is 0 Å². The van der Waals surface area contributed by atoms with Crippen LogP contribution in [-0.4, -0.2) is 48.8 Å². The molecule has 1 aliphatic rings. The molecule has 0 aliphatic carbocycles. The molecule has 1 atom stereocenters. The summed E-state index contributed by atoms with van der Waals surface area (Å²) in [7, 11) is -3.51. The van der Waals surface area contributed by atoms with Crippen LogP contribution in [0.15, 0.2) is 53.4 Å². The first-order valence-corrected chi connectivity index (χ1v) is 11.4. The Morgan fingerprint density at radius 1 is 1.07 bits per heavy atom. The van der Waals surface area contributed by atoms with E-state index >= 15 is 0 Å². The van der Waals surface area contributed by atoms with Crippen molar-refractivity contribution in [2.45, 2.75) is 17.9 Å². The molecule has 5 nitrogen and oxygen atoms in total. The number of hydrogen-bond acceptors (Lipinski definition) is 5. The van der Waals surface area contributed by atoms with E-state index in [4.69, 9.17) is 16.6 Å². The number of para-hydroxylation sites is 1. The van der Waals surface area contributed by atoms with E-state index in [-0.39, 0.29) is 10.9 Å². The fourth-order valence-electron chi connectivity index (χ4n) is 3.33. The molecule has 0 saturated carbocycles. The van der Waals surface area contributed by atoms with E-state index in [2.05, 4.69) is 17.9 Å². The third-order valence-corrected chi connectivity index (χ3v) is 8.26. The van der Waals surface area contributed by atoms with Crippen molar-refractivity contribution in [3.63, 3.8) is 0 Å². The Balaban J connectivity index is 1.46. The number of halogens is 1. The van der Waals surface area contributed by atoms with Crippen LogP contribution in [0, 0.1) is 0 Å². The molecule has 1 unspecified atom stereocenters. The number of thiazole rings is 1. The minimum Gasteiger partial charge on any atom is -0.292 e. The predicted octanol–water partition coefficient (Wildman–Crippen LogP) is 4.02. The van der Waals surface area contributed by atoms with E-state index in [0.717, 1.165) is 10.5 Å². The van der Waals surface area contributed by atoms with Crippen LogP contribution in [-0.2, 0) is 10.0 Å². The number of nitrogens with zero attached hydrogens (tertiary/aromatic N) is 3. The monoisotopic (exact) mass is 421 g/mol. The predicted molar refractivity (Wildman–Crippen MR) is 110 cm³/mol. The second-order valence-corrected chi connectivity index (χ2v) is 10.0. The number of piperazine rings is 1. The van der Waals surface area contributed by atoms with E-state index < -0.39 is 10.0 Å². The molecule has 2 aromatic carbocycles. The van der Waals surface area contributed by atoms with Gasteiger partial charge in [0, 0.05) is 31.2 Å². The summed E-state index contributed by atoms with van der Waals surface area (Å²) in [5.74, 6) is 0. The molecule has 3 aromatic rings. The molecule has 8 heteroatoms. The summed E-state index contributed by atoms with van der Waals surface area (Å²) in [5, 5.41) is 1.50. The zero-order valence-electron chi connectivity index (χ0n) is 14.9. The van der Waals surface area contributed by atoms with Gasteiger partial charge in [-0.3, -0.25) is 4.90 Å². The quantitative estimate of drug-likeness (QED) is 0.638. The normalized spacial score (nSPS) is 18.0. The summed E-state index contributed by atoms with van der Waals surface area (Å²) in [6, 6.07) is 14.7. The maximum atomic E-state index is 12.8. The van der Waals surface area contributed by atoms with Gasteiger partial charge >= 0.3 is 0 Å². The van der Waals surface area contributed by atoms with Crippen molar-refractivity contribution >= 4 is 43.2 Å². The minimum atomic E-state index is -3.51. The Morgan fingerprint density at radius 3 is 2.52 bits per heavy atom. The molecule has 0 N–H and O–H groups in total. The molecule has 0 spiro atoms. The molecule has 1 fully saturated rings. The number of fused-ring (bicyclic) bond motifs is 1. The van der Waals surface area contributed by atoms with Crippen molar-refractivity contribution in [2.75, 3.05) is 26.2 Å². The van der Waals surface area contributed by atoms with E-state index in [9.17, 15) is 8.42 Å². The lowest BCUT2D eigenvalue weighted by Crippen LogP contribution is -2.49. The van der Waals surface area contributed by atoms with Gasteiger partial charge in [-0.2, -0.15) is 4.31 Å². The lowest BCUT2D eigenvalue weighted by atomic mass is 10.2. The molecule has 1 aliphatic heterocycles. The largest absolute Gasteiger partial charge is 0.292 e. The first kappa shape index (κ1) is 18.8. The van der Waals surface area contributed by atoms with E-state index in [0.29, 0.717) is 31.2 Å². The summed E-state index contributed by atoms with van der Waals surface area (Å²) in [6.07, 6.45) is 0. The van der Waals surface area contributed by atoms with Crippen molar-refractivity contribution < 1.29 is 8.42 Å². The molecule has 0 amide bonds. The molecule has 0 bridgehead atoms. The summed E-state index contributed by atoms with van der Waals surface area (Å²) in [5.41, 5.74) is 1.02. The molecule has 1 aromatic heterocycles. The Kier molecular flexibility index (Phi) is 5.22. The number of rotatable bonds is 4. The van der Waals surface area contributed by atoms with Gasteiger partial charge < -0.3 is 0 Å². The van der Waals surface area contributed by atoms with E-state index in [1.165, 1.54) is 10.8 Å². The first-order chi connectivity index (χ1) is 12.9. The van der Waals surface area contributed by atoms with Crippen LogP contribution < -0.4 is 0 Å². The molecule has 0 radical (unpaired) electrons. The van der Waals surface area contributed by atoms with Crippen LogP contribution >= 0.6 is 22.9 Å². The van der Waals surface area contributed by atoms with Crippen molar-refractivity contribution in [1.82, 2.24) is 14.2 Å². The third kappa shape index (κ3) is 3.75. The third-order valence-electron chi connectivity index (χ3n) is 4.92. The molecule has 2 heterocycles. The van der Waals surface area contributed by atoms with Crippen molar-refractivity contribution in [3.05, 3.63) is 58.6 Å². The lowest BCUT2D eigenvalue weighted by molar-refractivity contribution is 0.146. The number of aromatic nitrogens is 1. The van der Waals surface area contributed by atoms with Gasteiger partial charge in [-0.15, -0.1) is 11.3 Å². The van der Waals surface area contributed by atoms with Crippen molar-refractivity contribution in [2.24, 2.45) is 0 Å². The summed E-state index contributed by atoms with van der Waals surface area (Å²) < 4.78 is 28.4. The first-order valence-electron chi connectivity index (χ1n) is 8.80. The van der Waals surface area contributed by atoms with Gasteiger partial charge in [0.25, 0.3) is 0 Å². The Bertz CT molecular complexity index is 1030. The summed E-state index contributed by atoms with van der Waals surface area (Å²) in [4.78, 5) is 7.29. The lowest BCUT2D eigenvalue weighted by Gasteiger charge is -2.36. The van der Waals surface area contributed by atoms with Crippen LogP contribution in [0.4, 0.5) is 0 Å². The second kappa shape index (κ2) is 7.48. The number of hydrogen-bond donors (Lipinski definition) is 0. The maximum Gasteiger partial charge on any atom is 0.243 e. The van der Waals surface area contributed by atoms with Gasteiger partial charge in [-0.05, 0) is 37.3 Å².